The summed E-state index contributed by atoms with van der Waals surface area (Å²) in [5.74, 6) is 0.687. The van der Waals surface area contributed by atoms with E-state index in [0.717, 1.165) is 30.4 Å². The second kappa shape index (κ2) is 8.48. The molecule has 32 heavy (non-hydrogen) atoms. The van der Waals surface area contributed by atoms with E-state index in [4.69, 9.17) is 21.1 Å². The van der Waals surface area contributed by atoms with Crippen LogP contribution in [0, 0.1) is 0 Å². The van der Waals surface area contributed by atoms with Crippen LogP contribution in [0.5, 0.6) is 11.5 Å². The average molecular weight is 479 g/mol. The number of sulfonamides is 1. The van der Waals surface area contributed by atoms with E-state index in [1.54, 1.807) is 12.1 Å². The van der Waals surface area contributed by atoms with Gasteiger partial charge < -0.3 is 14.8 Å². The number of nitrogens with zero attached hydrogens (tertiary/aromatic N) is 1. The number of carbonyl (C=O) groups excluding carboxylic acids is 1. The summed E-state index contributed by atoms with van der Waals surface area (Å²) in [5, 5.41) is 3.48. The number of benzene rings is 2. The van der Waals surface area contributed by atoms with Crippen molar-refractivity contribution in [1.29, 1.82) is 0 Å². The molecule has 0 saturated heterocycles. The van der Waals surface area contributed by atoms with E-state index >= 15 is 0 Å². The quantitative estimate of drug-likeness (QED) is 0.700. The van der Waals surface area contributed by atoms with Gasteiger partial charge in [0.2, 0.25) is 10.0 Å². The Morgan fingerprint density at radius 2 is 1.91 bits per heavy atom. The van der Waals surface area contributed by atoms with Crippen LogP contribution in [0.4, 0.5) is 5.69 Å². The first-order chi connectivity index (χ1) is 15.2. The molecule has 2 aliphatic heterocycles. The molecule has 2 atom stereocenters. The topological polar surface area (TPSA) is 84.9 Å². The number of rotatable bonds is 5. The van der Waals surface area contributed by atoms with Crippen LogP contribution in [0.1, 0.15) is 44.7 Å². The van der Waals surface area contributed by atoms with Crippen LogP contribution in [-0.4, -0.2) is 38.8 Å². The fourth-order valence-electron chi connectivity index (χ4n) is 4.37. The number of halogens is 1. The lowest BCUT2D eigenvalue weighted by molar-refractivity contribution is -0.129. The molecule has 0 fully saturated rings. The third kappa shape index (κ3) is 4.26. The Balaban J connectivity index is 1.62. The average Bonchev–Trinajstić information content (AvgIpc) is 2.77. The summed E-state index contributed by atoms with van der Waals surface area (Å²) in [6.45, 7) is 4.02. The Morgan fingerprint density at radius 3 is 2.59 bits per heavy atom. The van der Waals surface area contributed by atoms with Gasteiger partial charge in [-0.15, -0.1) is 0 Å². The van der Waals surface area contributed by atoms with Crippen molar-refractivity contribution >= 4 is 33.2 Å². The Kier molecular flexibility index (Phi) is 6.02. The first-order valence-electron chi connectivity index (χ1n) is 10.7. The minimum Gasteiger partial charge on any atom is -0.487 e. The van der Waals surface area contributed by atoms with Crippen LogP contribution in [-0.2, 0) is 14.8 Å². The van der Waals surface area contributed by atoms with Gasteiger partial charge in [0.25, 0.3) is 5.91 Å². The lowest BCUT2D eigenvalue weighted by Gasteiger charge is -2.42. The summed E-state index contributed by atoms with van der Waals surface area (Å²) < 4.78 is 38.2. The fraction of sp³-hybridized carbons (Fsp3) is 0.435. The molecule has 2 heterocycles. The van der Waals surface area contributed by atoms with Gasteiger partial charge in [0.15, 0.2) is 6.10 Å². The van der Waals surface area contributed by atoms with Gasteiger partial charge in [-0.05, 0) is 37.1 Å². The molecule has 2 aromatic carbocycles. The van der Waals surface area contributed by atoms with Crippen molar-refractivity contribution in [3.63, 3.8) is 0 Å². The van der Waals surface area contributed by atoms with Crippen molar-refractivity contribution in [1.82, 2.24) is 5.32 Å². The van der Waals surface area contributed by atoms with E-state index in [-0.39, 0.29) is 24.1 Å². The number of amides is 1. The Bertz CT molecular complexity index is 1130. The molecular weight excluding hydrogens is 452 g/mol. The normalized spacial score (nSPS) is 21.6. The fourth-order valence-corrected chi connectivity index (χ4v) is 5.44. The molecule has 0 spiro atoms. The molecule has 2 aliphatic rings. The number of carbonyl (C=O) groups is 1. The smallest absolute Gasteiger partial charge is 0.263 e. The molecule has 2 aromatic rings. The Hall–Kier alpha value is -2.45. The number of hydrogen-bond acceptors (Lipinski definition) is 5. The van der Waals surface area contributed by atoms with Crippen molar-refractivity contribution < 1.29 is 22.7 Å². The van der Waals surface area contributed by atoms with Gasteiger partial charge in [0.1, 0.15) is 17.1 Å². The molecule has 172 valence electrons. The lowest BCUT2D eigenvalue weighted by Crippen LogP contribution is -2.52. The molecule has 7 nitrogen and oxygen atoms in total. The highest BCUT2D eigenvalue weighted by Crippen LogP contribution is 2.43. The van der Waals surface area contributed by atoms with Crippen LogP contribution in [0.2, 0.25) is 5.02 Å². The third-order valence-electron chi connectivity index (χ3n) is 6.29. The van der Waals surface area contributed by atoms with Crippen LogP contribution >= 0.6 is 11.6 Å². The van der Waals surface area contributed by atoms with Gasteiger partial charge in [-0.3, -0.25) is 9.10 Å². The highest BCUT2D eigenvalue weighted by atomic mass is 35.5. The van der Waals surface area contributed by atoms with Crippen molar-refractivity contribution in [2.45, 2.75) is 50.9 Å². The van der Waals surface area contributed by atoms with Crippen molar-refractivity contribution in [2.24, 2.45) is 0 Å². The molecule has 0 radical (unpaired) electrons. The minimum absolute atomic E-state index is 0.129. The zero-order chi connectivity index (χ0) is 23.1. The second-order valence-corrected chi connectivity index (χ2v) is 10.7. The van der Waals surface area contributed by atoms with Crippen LogP contribution in [0.15, 0.2) is 42.5 Å². The standard InChI is InChI=1S/C23H27ClN2O5S/c1-4-23(5-2)13-17(16-8-6-7-9-19(16)31-23)25-22(27)21-14-26(32(3,28)29)18-12-15(24)10-11-20(18)30-21/h6-12,17,21H,4-5,13-14H2,1-3H3,(H,25,27)/t17-,21+/m0/s1. The van der Waals surface area contributed by atoms with Crippen LogP contribution in [0.25, 0.3) is 0 Å². The van der Waals surface area contributed by atoms with E-state index in [1.165, 1.54) is 10.4 Å². The molecule has 0 bridgehead atoms. The first kappa shape index (κ1) is 22.7. The summed E-state index contributed by atoms with van der Waals surface area (Å²) in [6.07, 6.45) is 2.34. The predicted molar refractivity (Wildman–Crippen MR) is 124 cm³/mol. The monoisotopic (exact) mass is 478 g/mol. The number of nitrogens with one attached hydrogen (secondary N) is 1. The van der Waals surface area contributed by atoms with Gasteiger partial charge in [-0.2, -0.15) is 0 Å². The van der Waals surface area contributed by atoms with Crippen LogP contribution in [0.3, 0.4) is 0 Å². The molecular formula is C23H27ClN2O5S. The van der Waals surface area contributed by atoms with Gasteiger partial charge in [-0.25, -0.2) is 8.42 Å². The van der Waals surface area contributed by atoms with E-state index in [0.29, 0.717) is 22.9 Å². The molecule has 9 heteroatoms. The van der Waals surface area contributed by atoms with Crippen molar-refractivity contribution in [3.05, 3.63) is 53.1 Å². The van der Waals surface area contributed by atoms with Crippen molar-refractivity contribution in [3.8, 4) is 11.5 Å². The third-order valence-corrected chi connectivity index (χ3v) is 7.67. The molecule has 4 rings (SSSR count). The summed E-state index contributed by atoms with van der Waals surface area (Å²) in [4.78, 5) is 13.3. The maximum absolute atomic E-state index is 13.3. The molecule has 0 unspecified atom stereocenters. The highest BCUT2D eigenvalue weighted by Gasteiger charge is 2.41. The molecule has 0 aromatic heterocycles. The maximum atomic E-state index is 13.3. The highest BCUT2D eigenvalue weighted by molar-refractivity contribution is 7.92. The number of ether oxygens (including phenoxy) is 2. The maximum Gasteiger partial charge on any atom is 0.263 e. The van der Waals surface area contributed by atoms with Gasteiger partial charge in [-0.1, -0.05) is 43.6 Å². The predicted octanol–water partition coefficient (Wildman–Crippen LogP) is 4.07. The largest absolute Gasteiger partial charge is 0.487 e. The van der Waals surface area contributed by atoms with E-state index in [1.807, 2.05) is 24.3 Å². The van der Waals surface area contributed by atoms with Crippen LogP contribution < -0.4 is 19.1 Å². The Morgan fingerprint density at radius 1 is 1.19 bits per heavy atom. The van der Waals surface area contributed by atoms with Gasteiger partial charge >= 0.3 is 0 Å². The number of hydrogen-bond donors (Lipinski definition) is 1. The molecule has 1 amide bonds. The van der Waals surface area contributed by atoms with E-state index < -0.39 is 16.1 Å². The minimum atomic E-state index is -3.64. The molecule has 1 N–H and O–H groups in total. The van der Waals surface area contributed by atoms with E-state index in [2.05, 4.69) is 19.2 Å². The summed E-state index contributed by atoms with van der Waals surface area (Å²) in [7, 11) is -3.64. The summed E-state index contributed by atoms with van der Waals surface area (Å²) >= 11 is 6.05. The molecule has 0 aliphatic carbocycles. The molecule has 0 saturated carbocycles. The van der Waals surface area contributed by atoms with Crippen molar-refractivity contribution in [2.75, 3.05) is 17.1 Å². The summed E-state index contributed by atoms with van der Waals surface area (Å²) in [6, 6.07) is 12.1. The zero-order valence-electron chi connectivity index (χ0n) is 18.3. The second-order valence-electron chi connectivity index (χ2n) is 8.31. The first-order valence-corrected chi connectivity index (χ1v) is 12.9. The lowest BCUT2D eigenvalue weighted by atomic mass is 9.83. The Labute approximate surface area is 193 Å². The number of anilines is 1. The van der Waals surface area contributed by atoms with E-state index in [9.17, 15) is 13.2 Å². The summed E-state index contributed by atoms with van der Waals surface area (Å²) in [5.41, 5.74) is 0.861. The number of fused-ring (bicyclic) bond motifs is 2. The zero-order valence-corrected chi connectivity index (χ0v) is 19.9. The number of para-hydroxylation sites is 1. The van der Waals surface area contributed by atoms with Gasteiger partial charge in [0, 0.05) is 17.0 Å². The van der Waals surface area contributed by atoms with Gasteiger partial charge in [0.05, 0.1) is 24.5 Å². The SMILES string of the molecule is CCC1(CC)C[C@H](NC(=O)[C@H]2CN(S(C)(=O)=O)c3cc(Cl)ccc3O2)c2ccccc2O1.